The van der Waals surface area contributed by atoms with Crippen LogP contribution in [0.5, 0.6) is 5.75 Å². The molecule has 10 heteroatoms. The van der Waals surface area contributed by atoms with Crippen molar-refractivity contribution in [3.05, 3.63) is 65.5 Å². The highest BCUT2D eigenvalue weighted by atomic mass is 19.4. The minimum Gasteiger partial charge on any atom is -0.497 e. The first-order valence-corrected chi connectivity index (χ1v) is 9.78. The molecule has 1 fully saturated rings. The summed E-state index contributed by atoms with van der Waals surface area (Å²) in [4.78, 5) is 22.0. The zero-order valence-corrected chi connectivity index (χ0v) is 17.3. The lowest BCUT2D eigenvalue weighted by molar-refractivity contribution is -0.182. The molecule has 1 aliphatic rings. The SMILES string of the molecule is COc1ccc(C2(C(=O)N(Cc3ccc(-c4noc(C(F)(F)F)n4)cc3)OC)CC2)cc1. The van der Waals surface area contributed by atoms with Gasteiger partial charge >= 0.3 is 12.1 Å². The number of nitrogens with zero attached hydrogens (tertiary/aromatic N) is 3. The molecular weight excluding hydrogens is 427 g/mol. The monoisotopic (exact) mass is 447 g/mol. The Labute approximate surface area is 181 Å². The number of rotatable bonds is 7. The first kappa shape index (κ1) is 21.8. The molecule has 0 aliphatic heterocycles. The van der Waals surface area contributed by atoms with Crippen LogP contribution in [0.1, 0.15) is 29.9 Å². The molecule has 2 aromatic carbocycles. The van der Waals surface area contributed by atoms with Crippen LogP contribution in [0.25, 0.3) is 11.4 Å². The Bertz CT molecular complexity index is 1090. The molecule has 7 nitrogen and oxygen atoms in total. The molecule has 3 aromatic rings. The Balaban J connectivity index is 1.47. The van der Waals surface area contributed by atoms with Gasteiger partial charge in [-0.2, -0.15) is 18.2 Å². The summed E-state index contributed by atoms with van der Waals surface area (Å²) in [6, 6.07) is 13.9. The molecule has 168 valence electrons. The van der Waals surface area contributed by atoms with Crippen LogP contribution >= 0.6 is 0 Å². The molecule has 0 radical (unpaired) electrons. The Hall–Kier alpha value is -3.40. The van der Waals surface area contributed by atoms with Gasteiger partial charge in [0, 0.05) is 5.56 Å². The number of benzene rings is 2. The first-order chi connectivity index (χ1) is 15.3. The number of aromatic nitrogens is 2. The average Bonchev–Trinajstić information content (AvgIpc) is 3.45. The lowest BCUT2D eigenvalue weighted by Crippen LogP contribution is -2.38. The van der Waals surface area contributed by atoms with Gasteiger partial charge in [0.15, 0.2) is 0 Å². The van der Waals surface area contributed by atoms with Gasteiger partial charge in [-0.15, -0.1) is 0 Å². The zero-order valence-electron chi connectivity index (χ0n) is 17.3. The molecule has 4 rings (SSSR count). The Morgan fingerprint density at radius 2 is 1.75 bits per heavy atom. The van der Waals surface area contributed by atoms with Gasteiger partial charge in [-0.1, -0.05) is 41.6 Å². The largest absolute Gasteiger partial charge is 0.497 e. The number of carbonyl (C=O) groups is 1. The van der Waals surface area contributed by atoms with Gasteiger partial charge in [-0.3, -0.25) is 9.63 Å². The van der Waals surface area contributed by atoms with Crippen LogP contribution < -0.4 is 4.74 Å². The van der Waals surface area contributed by atoms with Crippen molar-refractivity contribution in [1.82, 2.24) is 15.2 Å². The lowest BCUT2D eigenvalue weighted by Gasteiger charge is -2.25. The normalized spacial score (nSPS) is 14.8. The molecule has 0 N–H and O–H groups in total. The van der Waals surface area contributed by atoms with Crippen LogP contribution in [-0.4, -0.2) is 35.3 Å². The number of ether oxygens (including phenoxy) is 1. The quantitative estimate of drug-likeness (QED) is 0.500. The highest BCUT2D eigenvalue weighted by Crippen LogP contribution is 2.50. The number of halogens is 3. The Kier molecular flexibility index (Phi) is 5.64. The van der Waals surface area contributed by atoms with Gasteiger partial charge in [0.05, 0.1) is 26.2 Å². The van der Waals surface area contributed by atoms with E-state index in [0.717, 1.165) is 24.0 Å². The molecule has 0 spiro atoms. The van der Waals surface area contributed by atoms with E-state index in [1.807, 2.05) is 24.3 Å². The fourth-order valence-electron chi connectivity index (χ4n) is 3.50. The first-order valence-electron chi connectivity index (χ1n) is 9.78. The average molecular weight is 447 g/mol. The Morgan fingerprint density at radius 1 is 1.09 bits per heavy atom. The predicted molar refractivity (Wildman–Crippen MR) is 106 cm³/mol. The fraction of sp³-hybridized carbons (Fsp3) is 0.318. The number of hydrogen-bond acceptors (Lipinski definition) is 6. The summed E-state index contributed by atoms with van der Waals surface area (Å²) in [6.07, 6.45) is -3.26. The van der Waals surface area contributed by atoms with E-state index in [0.29, 0.717) is 11.3 Å². The summed E-state index contributed by atoms with van der Waals surface area (Å²) in [5.74, 6) is -1.01. The second kappa shape index (κ2) is 8.27. The van der Waals surface area contributed by atoms with Crippen LogP contribution in [0.15, 0.2) is 53.1 Å². The topological polar surface area (TPSA) is 77.7 Å². The van der Waals surface area contributed by atoms with Crippen LogP contribution in [0.2, 0.25) is 0 Å². The molecule has 0 unspecified atom stereocenters. The summed E-state index contributed by atoms with van der Waals surface area (Å²) in [5.41, 5.74) is 1.37. The molecular formula is C22H20F3N3O4. The number of carbonyl (C=O) groups excluding carboxylic acids is 1. The van der Waals surface area contributed by atoms with Gasteiger partial charge in [-0.05, 0) is 36.1 Å². The maximum atomic E-state index is 13.2. The molecule has 1 amide bonds. The number of methoxy groups -OCH3 is 1. The second-order valence-electron chi connectivity index (χ2n) is 7.45. The van der Waals surface area contributed by atoms with Crippen LogP contribution in [0.3, 0.4) is 0 Å². The highest BCUT2D eigenvalue weighted by molar-refractivity contribution is 5.90. The summed E-state index contributed by atoms with van der Waals surface area (Å²) in [5, 5.41) is 4.66. The van der Waals surface area contributed by atoms with Crippen molar-refractivity contribution in [3.8, 4) is 17.1 Å². The molecule has 1 heterocycles. The highest BCUT2D eigenvalue weighted by Gasteiger charge is 2.53. The van der Waals surface area contributed by atoms with E-state index in [4.69, 9.17) is 9.57 Å². The van der Waals surface area contributed by atoms with Gasteiger partial charge in [0.1, 0.15) is 5.75 Å². The summed E-state index contributed by atoms with van der Waals surface area (Å²) in [7, 11) is 3.01. The number of hydroxylamine groups is 2. The third-order valence-corrected chi connectivity index (χ3v) is 5.46. The van der Waals surface area contributed by atoms with Gasteiger partial charge in [0.2, 0.25) is 5.82 Å². The van der Waals surface area contributed by atoms with Crippen LogP contribution in [0, 0.1) is 0 Å². The summed E-state index contributed by atoms with van der Waals surface area (Å²) >= 11 is 0. The number of hydrogen-bond donors (Lipinski definition) is 0. The molecule has 0 saturated heterocycles. The van der Waals surface area contributed by atoms with E-state index >= 15 is 0 Å². The molecule has 32 heavy (non-hydrogen) atoms. The second-order valence-corrected chi connectivity index (χ2v) is 7.45. The fourth-order valence-corrected chi connectivity index (χ4v) is 3.50. The van der Waals surface area contributed by atoms with Crippen molar-refractivity contribution in [2.45, 2.75) is 31.0 Å². The van der Waals surface area contributed by atoms with Gasteiger partial charge in [0.25, 0.3) is 5.91 Å². The third kappa shape index (κ3) is 4.18. The van der Waals surface area contributed by atoms with Crippen molar-refractivity contribution in [1.29, 1.82) is 0 Å². The Morgan fingerprint density at radius 3 is 2.25 bits per heavy atom. The standard InChI is InChI=1S/C22H20F3N3O4/c1-30-17-9-7-16(8-10-17)21(11-12-21)20(29)28(31-2)13-14-3-5-15(6-4-14)18-26-19(32-27-18)22(23,24)25/h3-10H,11-13H2,1-2H3. The van der Waals surface area contributed by atoms with Crippen molar-refractivity contribution < 1.29 is 32.1 Å². The van der Waals surface area contributed by atoms with Gasteiger partial charge < -0.3 is 9.26 Å². The molecule has 0 atom stereocenters. The lowest BCUT2D eigenvalue weighted by atomic mass is 9.94. The maximum absolute atomic E-state index is 13.2. The smallest absolute Gasteiger partial charge is 0.471 e. The number of alkyl halides is 3. The van der Waals surface area contributed by atoms with Crippen molar-refractivity contribution in [2.24, 2.45) is 0 Å². The van der Waals surface area contributed by atoms with E-state index in [1.165, 1.54) is 12.2 Å². The summed E-state index contributed by atoms with van der Waals surface area (Å²) < 4.78 is 47.4. The van der Waals surface area contributed by atoms with E-state index in [9.17, 15) is 18.0 Å². The molecule has 0 bridgehead atoms. The van der Waals surface area contributed by atoms with E-state index < -0.39 is 17.5 Å². The molecule has 1 aliphatic carbocycles. The van der Waals surface area contributed by atoms with E-state index in [2.05, 4.69) is 14.7 Å². The molecule has 1 aromatic heterocycles. The zero-order chi connectivity index (χ0) is 22.9. The van der Waals surface area contributed by atoms with Crippen molar-refractivity contribution >= 4 is 5.91 Å². The minimum absolute atomic E-state index is 0.151. The van der Waals surface area contributed by atoms with Gasteiger partial charge in [-0.25, -0.2) is 5.06 Å². The third-order valence-electron chi connectivity index (χ3n) is 5.46. The van der Waals surface area contributed by atoms with Crippen molar-refractivity contribution in [3.63, 3.8) is 0 Å². The van der Waals surface area contributed by atoms with Crippen LogP contribution in [0.4, 0.5) is 13.2 Å². The number of amides is 1. The predicted octanol–water partition coefficient (Wildman–Crippen LogP) is 4.39. The van der Waals surface area contributed by atoms with E-state index in [-0.39, 0.29) is 18.3 Å². The molecule has 1 saturated carbocycles. The summed E-state index contributed by atoms with van der Waals surface area (Å²) in [6.45, 7) is 0.174. The van der Waals surface area contributed by atoms with Crippen LogP contribution in [-0.2, 0) is 27.8 Å². The van der Waals surface area contributed by atoms with E-state index in [1.54, 1.807) is 31.4 Å². The van der Waals surface area contributed by atoms with Crippen molar-refractivity contribution in [2.75, 3.05) is 14.2 Å². The maximum Gasteiger partial charge on any atom is 0.471 e. The minimum atomic E-state index is -4.70.